The molecule has 0 rings (SSSR count). The maximum absolute atomic E-state index is 10.8. The van der Waals surface area contributed by atoms with Gasteiger partial charge in [0.15, 0.2) is 0 Å². The molecule has 0 aliphatic heterocycles. The van der Waals surface area contributed by atoms with Crippen molar-refractivity contribution in [1.82, 2.24) is 0 Å². The van der Waals surface area contributed by atoms with Crippen molar-refractivity contribution in [3.8, 4) is 6.07 Å². The molecule has 0 radical (unpaired) electrons. The van der Waals surface area contributed by atoms with Crippen LogP contribution in [0, 0.1) is 22.7 Å². The summed E-state index contributed by atoms with van der Waals surface area (Å²) in [5, 5.41) is 26.6. The number of aliphatic carboxylic acids is 1. The lowest BCUT2D eigenvalue weighted by atomic mass is 9.76. The van der Waals surface area contributed by atoms with Crippen LogP contribution in [0.3, 0.4) is 0 Å². The Bertz CT molecular complexity index is 224. The van der Waals surface area contributed by atoms with Crippen LogP contribution in [0.2, 0.25) is 0 Å². The van der Waals surface area contributed by atoms with Crippen molar-refractivity contribution in [3.05, 3.63) is 0 Å². The molecule has 0 aromatic carbocycles. The molecule has 4 heteroatoms. The van der Waals surface area contributed by atoms with Gasteiger partial charge < -0.3 is 10.2 Å². The van der Waals surface area contributed by atoms with E-state index in [1.165, 1.54) is 0 Å². The van der Waals surface area contributed by atoms with Gasteiger partial charge in [0, 0.05) is 0 Å². The van der Waals surface area contributed by atoms with Gasteiger partial charge in [-0.25, -0.2) is 0 Å². The lowest BCUT2D eigenvalue weighted by Gasteiger charge is -2.29. The minimum absolute atomic E-state index is 0.145. The maximum Gasteiger partial charge on any atom is 0.309 e. The SMILES string of the molecule is CC(C)(C)C(C(=O)O)[C@H](O)CC#N. The van der Waals surface area contributed by atoms with Gasteiger partial charge >= 0.3 is 5.97 Å². The largest absolute Gasteiger partial charge is 0.481 e. The molecule has 0 saturated carbocycles. The summed E-state index contributed by atoms with van der Waals surface area (Å²) in [6.45, 7) is 5.19. The lowest BCUT2D eigenvalue weighted by Crippen LogP contribution is -2.38. The van der Waals surface area contributed by atoms with Crippen molar-refractivity contribution in [1.29, 1.82) is 5.26 Å². The number of hydrogen-bond acceptors (Lipinski definition) is 3. The van der Waals surface area contributed by atoms with Crippen LogP contribution in [0.25, 0.3) is 0 Å². The topological polar surface area (TPSA) is 81.3 Å². The number of carboxylic acids is 1. The molecule has 0 aliphatic carbocycles. The highest BCUT2D eigenvalue weighted by atomic mass is 16.4. The van der Waals surface area contributed by atoms with E-state index in [2.05, 4.69) is 0 Å². The summed E-state index contributed by atoms with van der Waals surface area (Å²) in [5.74, 6) is -1.96. The molecule has 2 atom stereocenters. The third-order valence-electron chi connectivity index (χ3n) is 1.88. The number of aliphatic hydroxyl groups excluding tert-OH is 1. The maximum atomic E-state index is 10.8. The molecule has 0 spiro atoms. The van der Waals surface area contributed by atoms with Crippen LogP contribution in [0.4, 0.5) is 0 Å². The zero-order chi connectivity index (χ0) is 10.6. The third kappa shape index (κ3) is 3.43. The van der Waals surface area contributed by atoms with E-state index in [9.17, 15) is 9.90 Å². The van der Waals surface area contributed by atoms with Gasteiger partial charge in [-0.1, -0.05) is 20.8 Å². The van der Waals surface area contributed by atoms with Gasteiger partial charge in [0.2, 0.25) is 0 Å². The van der Waals surface area contributed by atoms with Gasteiger partial charge in [-0.2, -0.15) is 5.26 Å². The average Bonchev–Trinajstić information content (AvgIpc) is 1.82. The Morgan fingerprint density at radius 2 is 2.00 bits per heavy atom. The highest BCUT2D eigenvalue weighted by molar-refractivity contribution is 5.71. The summed E-state index contributed by atoms with van der Waals surface area (Å²) < 4.78 is 0. The first kappa shape index (κ1) is 11.9. The number of hydrogen-bond donors (Lipinski definition) is 2. The Kier molecular flexibility index (Phi) is 3.89. The molecule has 0 aromatic heterocycles. The highest BCUT2D eigenvalue weighted by Gasteiger charge is 2.36. The molecule has 1 unspecified atom stereocenters. The molecule has 2 N–H and O–H groups in total. The number of rotatable bonds is 3. The summed E-state index contributed by atoms with van der Waals surface area (Å²) in [7, 11) is 0. The van der Waals surface area contributed by atoms with Crippen LogP contribution in [0.5, 0.6) is 0 Å². The molecule has 0 heterocycles. The number of carbonyl (C=O) groups is 1. The van der Waals surface area contributed by atoms with Crippen LogP contribution >= 0.6 is 0 Å². The molecule has 0 bridgehead atoms. The molecule has 0 saturated heterocycles. The fraction of sp³-hybridized carbons (Fsp3) is 0.778. The van der Waals surface area contributed by atoms with E-state index in [0.717, 1.165) is 0 Å². The van der Waals surface area contributed by atoms with Gasteiger partial charge in [-0.05, 0) is 5.41 Å². The summed E-state index contributed by atoms with van der Waals surface area (Å²) in [6.07, 6.45) is -1.24. The number of aliphatic hydroxyl groups is 1. The number of nitriles is 1. The number of nitrogens with zero attached hydrogens (tertiary/aromatic N) is 1. The molecule has 0 amide bonds. The van der Waals surface area contributed by atoms with E-state index < -0.39 is 23.4 Å². The minimum atomic E-state index is -1.09. The zero-order valence-corrected chi connectivity index (χ0v) is 8.11. The van der Waals surface area contributed by atoms with E-state index in [1.807, 2.05) is 0 Å². The Hall–Kier alpha value is -1.08. The second-order valence-electron chi connectivity index (χ2n) is 4.11. The van der Waals surface area contributed by atoms with E-state index in [1.54, 1.807) is 26.8 Å². The van der Waals surface area contributed by atoms with Gasteiger partial charge in [-0.15, -0.1) is 0 Å². The van der Waals surface area contributed by atoms with Gasteiger partial charge in [-0.3, -0.25) is 4.79 Å². The summed E-state index contributed by atoms with van der Waals surface area (Å²) in [5.41, 5.74) is -0.540. The van der Waals surface area contributed by atoms with Crippen LogP contribution in [-0.2, 0) is 4.79 Å². The van der Waals surface area contributed by atoms with E-state index >= 15 is 0 Å². The first-order valence-corrected chi connectivity index (χ1v) is 4.08. The van der Waals surface area contributed by atoms with Crippen molar-refractivity contribution in [2.45, 2.75) is 33.3 Å². The quantitative estimate of drug-likeness (QED) is 0.687. The van der Waals surface area contributed by atoms with Gasteiger partial charge in [0.1, 0.15) is 0 Å². The predicted molar refractivity (Wildman–Crippen MR) is 46.8 cm³/mol. The lowest BCUT2D eigenvalue weighted by molar-refractivity contribution is -0.151. The average molecular weight is 185 g/mol. The van der Waals surface area contributed by atoms with Gasteiger partial charge in [0.25, 0.3) is 0 Å². The summed E-state index contributed by atoms with van der Waals surface area (Å²) in [6, 6.07) is 1.76. The second-order valence-corrected chi connectivity index (χ2v) is 4.11. The standard InChI is InChI=1S/C9H15NO3/c1-9(2,3)7(8(12)13)6(11)4-5-10/h6-7,11H,4H2,1-3H3,(H,12,13)/t6-,7?/m1/s1. The first-order valence-electron chi connectivity index (χ1n) is 4.08. The Balaban J connectivity index is 4.64. The Morgan fingerprint density at radius 1 is 1.54 bits per heavy atom. The van der Waals surface area contributed by atoms with Crippen LogP contribution in [0.15, 0.2) is 0 Å². The van der Waals surface area contributed by atoms with Crippen LogP contribution in [-0.4, -0.2) is 22.3 Å². The normalized spacial score (nSPS) is 15.9. The molecule has 13 heavy (non-hydrogen) atoms. The van der Waals surface area contributed by atoms with E-state index in [-0.39, 0.29) is 6.42 Å². The van der Waals surface area contributed by atoms with Gasteiger partial charge in [0.05, 0.1) is 24.5 Å². The van der Waals surface area contributed by atoms with Crippen molar-refractivity contribution >= 4 is 5.97 Å². The number of carboxylic acid groups (broad SMARTS) is 1. The summed E-state index contributed by atoms with van der Waals surface area (Å²) in [4.78, 5) is 10.8. The zero-order valence-electron chi connectivity index (χ0n) is 8.11. The molecule has 74 valence electrons. The monoisotopic (exact) mass is 185 g/mol. The Labute approximate surface area is 77.8 Å². The molecule has 0 fully saturated rings. The molecule has 0 aliphatic rings. The molecular formula is C9H15NO3. The van der Waals surface area contributed by atoms with Crippen molar-refractivity contribution < 1.29 is 15.0 Å². The van der Waals surface area contributed by atoms with Crippen molar-refractivity contribution in [3.63, 3.8) is 0 Å². The van der Waals surface area contributed by atoms with Crippen LogP contribution < -0.4 is 0 Å². The fourth-order valence-electron chi connectivity index (χ4n) is 1.32. The van der Waals surface area contributed by atoms with E-state index in [4.69, 9.17) is 10.4 Å². The molecule has 4 nitrogen and oxygen atoms in total. The van der Waals surface area contributed by atoms with Crippen LogP contribution in [0.1, 0.15) is 27.2 Å². The van der Waals surface area contributed by atoms with E-state index in [0.29, 0.717) is 0 Å². The Morgan fingerprint density at radius 3 is 2.23 bits per heavy atom. The van der Waals surface area contributed by atoms with Crippen molar-refractivity contribution in [2.24, 2.45) is 11.3 Å². The predicted octanol–water partition coefficient (Wildman–Crippen LogP) is 1.01. The third-order valence-corrected chi connectivity index (χ3v) is 1.88. The smallest absolute Gasteiger partial charge is 0.309 e. The second kappa shape index (κ2) is 4.24. The summed E-state index contributed by atoms with van der Waals surface area (Å²) >= 11 is 0. The molecule has 0 aromatic rings. The molecular weight excluding hydrogens is 170 g/mol. The minimum Gasteiger partial charge on any atom is -0.481 e. The fourth-order valence-corrected chi connectivity index (χ4v) is 1.32. The first-order chi connectivity index (χ1) is 5.80. The van der Waals surface area contributed by atoms with Crippen molar-refractivity contribution in [2.75, 3.05) is 0 Å². The highest BCUT2D eigenvalue weighted by Crippen LogP contribution is 2.30.